The van der Waals surface area contributed by atoms with Crippen molar-refractivity contribution in [3.8, 4) is 0 Å². The van der Waals surface area contributed by atoms with Crippen LogP contribution in [0.5, 0.6) is 0 Å². The molecule has 1 aliphatic heterocycles. The van der Waals surface area contributed by atoms with Gasteiger partial charge in [-0.25, -0.2) is 5.10 Å². The number of aromatic nitrogens is 2. The lowest BCUT2D eigenvalue weighted by Gasteiger charge is -2.38. The summed E-state index contributed by atoms with van der Waals surface area (Å²) in [7, 11) is 0. The standard InChI is InChI=1S/C26H36N4O3/c31-22-11-19-10-18(2-3-21(19)28-29-22)24(33)27-15-20-13-26(6-1-7-26)16-30(20)23(32)14-25-8-4-17(12-25)5-9-25/h11,17-18,20H,1-10,12-16H2,(H,27,33)(H,29,31). The van der Waals surface area contributed by atoms with E-state index in [9.17, 15) is 14.4 Å². The number of rotatable bonds is 5. The molecule has 1 aromatic heterocycles. The van der Waals surface area contributed by atoms with E-state index in [4.69, 9.17) is 0 Å². The molecule has 178 valence electrons. The number of nitrogens with zero attached hydrogens (tertiary/aromatic N) is 2. The molecule has 7 heteroatoms. The van der Waals surface area contributed by atoms with Crippen molar-refractivity contribution in [2.24, 2.45) is 22.7 Å². The molecule has 0 radical (unpaired) electrons. The third-order valence-corrected chi connectivity index (χ3v) is 9.82. The molecule has 3 saturated carbocycles. The van der Waals surface area contributed by atoms with Gasteiger partial charge in [-0.3, -0.25) is 14.4 Å². The number of amides is 2. The average molecular weight is 453 g/mol. The molecule has 7 nitrogen and oxygen atoms in total. The second kappa shape index (κ2) is 7.95. The van der Waals surface area contributed by atoms with E-state index in [2.05, 4.69) is 20.4 Å². The summed E-state index contributed by atoms with van der Waals surface area (Å²) in [4.78, 5) is 40.3. The Balaban J connectivity index is 1.10. The van der Waals surface area contributed by atoms with Gasteiger partial charge in [-0.05, 0) is 92.9 Å². The van der Waals surface area contributed by atoms with Crippen LogP contribution in [-0.2, 0) is 22.4 Å². The minimum absolute atomic E-state index is 0.0518. The van der Waals surface area contributed by atoms with E-state index in [1.807, 2.05) is 0 Å². The fourth-order valence-electron chi connectivity index (χ4n) is 7.79. The fraction of sp³-hybridized carbons (Fsp3) is 0.769. The highest BCUT2D eigenvalue weighted by molar-refractivity contribution is 5.80. The van der Waals surface area contributed by atoms with Crippen molar-refractivity contribution in [3.05, 3.63) is 27.7 Å². The van der Waals surface area contributed by atoms with E-state index >= 15 is 0 Å². The molecule has 1 aromatic rings. The Morgan fingerprint density at radius 1 is 1.15 bits per heavy atom. The molecule has 33 heavy (non-hydrogen) atoms. The number of aryl methyl sites for hydroxylation is 1. The van der Waals surface area contributed by atoms with E-state index in [1.54, 1.807) is 6.07 Å². The van der Waals surface area contributed by atoms with Gasteiger partial charge in [-0.15, -0.1) is 0 Å². The summed E-state index contributed by atoms with van der Waals surface area (Å²) in [5.41, 5.74) is 2.15. The van der Waals surface area contributed by atoms with Crippen LogP contribution in [0.4, 0.5) is 0 Å². The Labute approximate surface area is 195 Å². The lowest BCUT2D eigenvalue weighted by molar-refractivity contribution is -0.135. The number of carbonyl (C=O) groups is 2. The van der Waals surface area contributed by atoms with Gasteiger partial charge in [0.2, 0.25) is 11.8 Å². The first-order valence-electron chi connectivity index (χ1n) is 13.1. The van der Waals surface area contributed by atoms with Crippen LogP contribution < -0.4 is 10.9 Å². The summed E-state index contributed by atoms with van der Waals surface area (Å²) in [6, 6.07) is 1.70. The van der Waals surface area contributed by atoms with Crippen LogP contribution in [0.3, 0.4) is 0 Å². The summed E-state index contributed by atoms with van der Waals surface area (Å²) in [5.74, 6) is 1.11. The first kappa shape index (κ1) is 21.4. The summed E-state index contributed by atoms with van der Waals surface area (Å²) < 4.78 is 0. The Kier molecular flexibility index (Phi) is 5.15. The quantitative estimate of drug-likeness (QED) is 0.718. The van der Waals surface area contributed by atoms with Crippen LogP contribution >= 0.6 is 0 Å². The number of H-pyrrole nitrogens is 1. The van der Waals surface area contributed by atoms with Gasteiger partial charge in [-0.2, -0.15) is 5.10 Å². The molecule has 2 N–H and O–H groups in total. The van der Waals surface area contributed by atoms with Crippen molar-refractivity contribution in [3.63, 3.8) is 0 Å². The van der Waals surface area contributed by atoms with Crippen LogP contribution in [0.25, 0.3) is 0 Å². The number of likely N-dealkylation sites (tertiary alicyclic amines) is 1. The van der Waals surface area contributed by atoms with Gasteiger partial charge in [0.25, 0.3) is 5.56 Å². The zero-order valence-corrected chi connectivity index (χ0v) is 19.5. The van der Waals surface area contributed by atoms with Crippen LogP contribution in [0.1, 0.15) is 81.9 Å². The first-order chi connectivity index (χ1) is 15.9. The number of carbonyl (C=O) groups excluding carboxylic acids is 2. The maximum Gasteiger partial charge on any atom is 0.264 e. The molecule has 1 saturated heterocycles. The lowest BCUT2D eigenvalue weighted by Crippen LogP contribution is -2.46. The molecule has 1 spiro atoms. The largest absolute Gasteiger partial charge is 0.354 e. The van der Waals surface area contributed by atoms with E-state index in [-0.39, 0.29) is 28.8 Å². The van der Waals surface area contributed by atoms with Crippen LogP contribution in [-0.4, -0.2) is 46.0 Å². The Morgan fingerprint density at radius 2 is 1.97 bits per heavy atom. The number of hydrogen-bond donors (Lipinski definition) is 2. The summed E-state index contributed by atoms with van der Waals surface area (Å²) in [6.07, 6.45) is 13.8. The van der Waals surface area contributed by atoms with Gasteiger partial charge in [0.15, 0.2) is 0 Å². The molecule has 2 heterocycles. The van der Waals surface area contributed by atoms with E-state index in [0.717, 1.165) is 36.6 Å². The molecule has 2 amide bonds. The minimum atomic E-state index is -0.212. The van der Waals surface area contributed by atoms with Crippen molar-refractivity contribution >= 4 is 11.8 Å². The third kappa shape index (κ3) is 3.91. The van der Waals surface area contributed by atoms with Crippen molar-refractivity contribution < 1.29 is 9.59 Å². The topological polar surface area (TPSA) is 95.2 Å². The van der Waals surface area contributed by atoms with Gasteiger partial charge in [-0.1, -0.05) is 6.42 Å². The lowest BCUT2D eigenvalue weighted by atomic mass is 9.67. The van der Waals surface area contributed by atoms with Crippen molar-refractivity contribution in [2.75, 3.05) is 13.1 Å². The van der Waals surface area contributed by atoms with Crippen LogP contribution in [0, 0.1) is 22.7 Å². The molecule has 2 atom stereocenters. The highest BCUT2D eigenvalue weighted by Crippen LogP contribution is 2.57. The minimum Gasteiger partial charge on any atom is -0.354 e. The molecule has 0 aromatic carbocycles. The molecule has 5 aliphatic rings. The van der Waals surface area contributed by atoms with Gasteiger partial charge in [0, 0.05) is 37.5 Å². The molecule has 2 unspecified atom stereocenters. The zero-order valence-electron chi connectivity index (χ0n) is 19.5. The Bertz CT molecular complexity index is 1010. The monoisotopic (exact) mass is 452 g/mol. The van der Waals surface area contributed by atoms with Crippen molar-refractivity contribution in [1.82, 2.24) is 20.4 Å². The second-order valence-corrected chi connectivity index (χ2v) is 11.9. The summed E-state index contributed by atoms with van der Waals surface area (Å²) >= 11 is 0. The van der Waals surface area contributed by atoms with Gasteiger partial charge < -0.3 is 10.2 Å². The first-order valence-corrected chi connectivity index (χ1v) is 13.1. The number of fused-ring (bicyclic) bond motifs is 3. The van der Waals surface area contributed by atoms with Gasteiger partial charge in [0.1, 0.15) is 0 Å². The Hall–Kier alpha value is -2.18. The molecule has 4 aliphatic carbocycles. The van der Waals surface area contributed by atoms with Crippen LogP contribution in [0.2, 0.25) is 0 Å². The van der Waals surface area contributed by atoms with E-state index < -0.39 is 0 Å². The molecule has 4 fully saturated rings. The molecule has 2 bridgehead atoms. The number of aromatic amines is 1. The highest BCUT2D eigenvalue weighted by atomic mass is 16.2. The molecule has 6 rings (SSSR count). The molecular formula is C26H36N4O3. The van der Waals surface area contributed by atoms with Gasteiger partial charge >= 0.3 is 0 Å². The van der Waals surface area contributed by atoms with E-state index in [0.29, 0.717) is 37.1 Å². The third-order valence-electron chi connectivity index (χ3n) is 9.82. The normalized spacial score (nSPS) is 33.7. The second-order valence-electron chi connectivity index (χ2n) is 11.9. The van der Waals surface area contributed by atoms with Crippen LogP contribution in [0.15, 0.2) is 10.9 Å². The van der Waals surface area contributed by atoms with Crippen molar-refractivity contribution in [2.45, 2.75) is 89.5 Å². The molecular weight excluding hydrogens is 416 g/mol. The number of hydrogen-bond acceptors (Lipinski definition) is 4. The fourth-order valence-corrected chi connectivity index (χ4v) is 7.79. The summed E-state index contributed by atoms with van der Waals surface area (Å²) in [5, 5.41) is 9.81. The number of nitrogens with one attached hydrogen (secondary N) is 2. The SMILES string of the molecule is O=C(NCC1CC2(CCC2)CN1C(=O)CC12CCC(CC1)C2)C1CCc2n[nH]c(=O)cc2C1. The van der Waals surface area contributed by atoms with E-state index in [1.165, 1.54) is 51.4 Å². The maximum atomic E-state index is 13.5. The summed E-state index contributed by atoms with van der Waals surface area (Å²) in [6.45, 7) is 1.44. The smallest absolute Gasteiger partial charge is 0.264 e. The predicted molar refractivity (Wildman–Crippen MR) is 123 cm³/mol. The van der Waals surface area contributed by atoms with Crippen molar-refractivity contribution in [1.29, 1.82) is 0 Å². The highest BCUT2D eigenvalue weighted by Gasteiger charge is 2.51. The zero-order chi connectivity index (χ0) is 22.6. The predicted octanol–water partition coefficient (Wildman–Crippen LogP) is 2.73. The van der Waals surface area contributed by atoms with Gasteiger partial charge in [0.05, 0.1) is 5.69 Å². The maximum absolute atomic E-state index is 13.5. The Morgan fingerprint density at radius 3 is 2.67 bits per heavy atom. The average Bonchev–Trinajstić information content (AvgIpc) is 3.49.